The number of hydrogen-bond acceptors (Lipinski definition) is 1. The largest absolute Gasteiger partial charge is 0.370 e. The predicted octanol–water partition coefficient (Wildman–Crippen LogP) is 4.92. The topological polar surface area (TPSA) is 3.24 Å². The molecule has 1 fully saturated rings. The van der Waals surface area contributed by atoms with E-state index in [9.17, 15) is 0 Å². The van der Waals surface area contributed by atoms with Crippen LogP contribution in [0.3, 0.4) is 0 Å². The van der Waals surface area contributed by atoms with Gasteiger partial charge in [0.25, 0.3) is 0 Å². The minimum atomic E-state index is 0.371. The molecule has 1 aliphatic rings. The van der Waals surface area contributed by atoms with Crippen molar-refractivity contribution >= 4 is 17.3 Å². The lowest BCUT2D eigenvalue weighted by atomic mass is 9.83. The maximum atomic E-state index is 6.34. The van der Waals surface area contributed by atoms with Gasteiger partial charge in [0.1, 0.15) is 0 Å². The van der Waals surface area contributed by atoms with Gasteiger partial charge in [0.15, 0.2) is 0 Å². The van der Waals surface area contributed by atoms with Gasteiger partial charge in [-0.1, -0.05) is 44.9 Å². The summed E-state index contributed by atoms with van der Waals surface area (Å²) in [5.74, 6) is 0. The molecule has 0 unspecified atom stereocenters. The third-order valence-corrected chi connectivity index (χ3v) is 4.42. The molecule has 0 bridgehead atoms. The quantitative estimate of drug-likeness (QED) is 0.747. The van der Waals surface area contributed by atoms with Crippen molar-refractivity contribution in [1.82, 2.24) is 0 Å². The zero-order chi connectivity index (χ0) is 13.2. The molecule has 0 aliphatic carbocycles. The number of nitrogens with zero attached hydrogens (tertiary/aromatic N) is 1. The zero-order valence-electron chi connectivity index (χ0n) is 11.8. The van der Waals surface area contributed by atoms with E-state index in [1.807, 2.05) is 0 Å². The van der Waals surface area contributed by atoms with Crippen LogP contribution in [-0.4, -0.2) is 13.1 Å². The summed E-state index contributed by atoms with van der Waals surface area (Å²) in [6, 6.07) is 6.54. The van der Waals surface area contributed by atoms with Crippen LogP contribution < -0.4 is 4.90 Å². The average Bonchev–Trinajstić information content (AvgIpc) is 2.85. The second-order valence-corrected chi connectivity index (χ2v) is 6.58. The Morgan fingerprint density at radius 1 is 1.22 bits per heavy atom. The van der Waals surface area contributed by atoms with Crippen molar-refractivity contribution in [2.24, 2.45) is 5.41 Å². The molecule has 2 rings (SSSR count). The van der Waals surface area contributed by atoms with Gasteiger partial charge in [0, 0.05) is 13.1 Å². The molecule has 0 radical (unpaired) electrons. The SMILES string of the molecule is CCC(C)(C)Cc1ccc(Cl)c(N2CCCC2)c1. The smallest absolute Gasteiger partial charge is 0.0639 e. The second-order valence-electron chi connectivity index (χ2n) is 6.17. The molecule has 1 aromatic carbocycles. The standard InChI is InChI=1S/C16H24ClN/c1-4-16(2,3)12-13-7-8-14(17)15(11-13)18-9-5-6-10-18/h7-8,11H,4-6,9-10,12H2,1-3H3. The van der Waals surface area contributed by atoms with Gasteiger partial charge < -0.3 is 4.90 Å². The molecular formula is C16H24ClN. The van der Waals surface area contributed by atoms with Crippen LogP contribution in [0, 0.1) is 5.41 Å². The number of anilines is 1. The van der Waals surface area contributed by atoms with Crippen molar-refractivity contribution in [1.29, 1.82) is 0 Å². The van der Waals surface area contributed by atoms with Crippen molar-refractivity contribution in [2.75, 3.05) is 18.0 Å². The molecule has 0 spiro atoms. The number of rotatable bonds is 4. The van der Waals surface area contributed by atoms with E-state index in [0.717, 1.165) is 24.5 Å². The van der Waals surface area contributed by atoms with Crippen LogP contribution in [0.25, 0.3) is 0 Å². The highest BCUT2D eigenvalue weighted by Crippen LogP contribution is 2.32. The minimum Gasteiger partial charge on any atom is -0.370 e. The first-order chi connectivity index (χ1) is 8.52. The second kappa shape index (κ2) is 5.52. The Morgan fingerprint density at radius 3 is 2.50 bits per heavy atom. The average molecular weight is 266 g/mol. The molecule has 1 nitrogen and oxygen atoms in total. The lowest BCUT2D eigenvalue weighted by Crippen LogP contribution is -2.19. The molecule has 0 N–H and O–H groups in total. The van der Waals surface area contributed by atoms with Gasteiger partial charge in [-0.3, -0.25) is 0 Å². The molecule has 0 saturated carbocycles. The molecule has 1 saturated heterocycles. The van der Waals surface area contributed by atoms with Crippen LogP contribution in [0.15, 0.2) is 18.2 Å². The van der Waals surface area contributed by atoms with Crippen molar-refractivity contribution < 1.29 is 0 Å². The lowest BCUT2D eigenvalue weighted by molar-refractivity contribution is 0.349. The maximum absolute atomic E-state index is 6.34. The maximum Gasteiger partial charge on any atom is 0.0639 e. The molecule has 18 heavy (non-hydrogen) atoms. The molecule has 0 amide bonds. The van der Waals surface area contributed by atoms with E-state index in [0.29, 0.717) is 5.41 Å². The van der Waals surface area contributed by atoms with Crippen LogP contribution in [0.2, 0.25) is 5.02 Å². The number of benzene rings is 1. The van der Waals surface area contributed by atoms with Gasteiger partial charge in [-0.25, -0.2) is 0 Å². The summed E-state index contributed by atoms with van der Waals surface area (Å²) in [4.78, 5) is 2.42. The van der Waals surface area contributed by atoms with Gasteiger partial charge in [0.2, 0.25) is 0 Å². The summed E-state index contributed by atoms with van der Waals surface area (Å²) in [5, 5.41) is 0.898. The van der Waals surface area contributed by atoms with E-state index in [4.69, 9.17) is 11.6 Å². The fourth-order valence-corrected chi connectivity index (χ4v) is 2.78. The molecule has 0 aromatic heterocycles. The van der Waals surface area contributed by atoms with E-state index < -0.39 is 0 Å². The van der Waals surface area contributed by atoms with Gasteiger partial charge in [-0.15, -0.1) is 0 Å². The Bertz CT molecular complexity index is 406. The normalized spacial score (nSPS) is 16.3. The third kappa shape index (κ3) is 3.20. The number of hydrogen-bond donors (Lipinski definition) is 0. The molecule has 2 heteroatoms. The molecule has 1 heterocycles. The first-order valence-corrected chi connectivity index (χ1v) is 7.43. The van der Waals surface area contributed by atoms with E-state index in [2.05, 4.69) is 43.9 Å². The molecule has 0 atom stereocenters. The van der Waals surface area contributed by atoms with Crippen molar-refractivity contribution in [3.63, 3.8) is 0 Å². The number of halogens is 1. The predicted molar refractivity (Wildman–Crippen MR) is 80.7 cm³/mol. The first-order valence-electron chi connectivity index (χ1n) is 7.05. The first kappa shape index (κ1) is 13.7. The summed E-state index contributed by atoms with van der Waals surface area (Å²) in [6.45, 7) is 9.23. The van der Waals surface area contributed by atoms with Crippen molar-refractivity contribution in [2.45, 2.75) is 46.5 Å². The van der Waals surface area contributed by atoms with Gasteiger partial charge in [-0.05, 0) is 42.4 Å². The highest BCUT2D eigenvalue weighted by molar-refractivity contribution is 6.33. The Kier molecular flexibility index (Phi) is 4.21. The summed E-state index contributed by atoms with van der Waals surface area (Å²) >= 11 is 6.34. The van der Waals surface area contributed by atoms with Gasteiger partial charge >= 0.3 is 0 Å². The van der Waals surface area contributed by atoms with Gasteiger partial charge in [-0.2, -0.15) is 0 Å². The van der Waals surface area contributed by atoms with Crippen molar-refractivity contribution in [3.8, 4) is 0 Å². The van der Waals surface area contributed by atoms with Crippen LogP contribution in [0.1, 0.15) is 45.6 Å². The molecular weight excluding hydrogens is 242 g/mol. The van der Waals surface area contributed by atoms with Crippen molar-refractivity contribution in [3.05, 3.63) is 28.8 Å². The summed E-state index contributed by atoms with van der Waals surface area (Å²) in [7, 11) is 0. The summed E-state index contributed by atoms with van der Waals surface area (Å²) in [6.07, 6.45) is 4.91. The van der Waals surface area contributed by atoms with Crippen LogP contribution in [-0.2, 0) is 6.42 Å². The Hall–Kier alpha value is -0.690. The van der Waals surface area contributed by atoms with Crippen LogP contribution >= 0.6 is 11.6 Å². The Labute approximate surface area is 116 Å². The molecule has 1 aromatic rings. The molecule has 100 valence electrons. The summed E-state index contributed by atoms with van der Waals surface area (Å²) < 4.78 is 0. The van der Waals surface area contributed by atoms with E-state index in [1.54, 1.807) is 0 Å². The monoisotopic (exact) mass is 265 g/mol. The van der Waals surface area contributed by atoms with Crippen LogP contribution in [0.5, 0.6) is 0 Å². The highest BCUT2D eigenvalue weighted by Gasteiger charge is 2.19. The zero-order valence-corrected chi connectivity index (χ0v) is 12.6. The van der Waals surface area contributed by atoms with E-state index >= 15 is 0 Å². The fourth-order valence-electron chi connectivity index (χ4n) is 2.55. The fraction of sp³-hybridized carbons (Fsp3) is 0.625. The Morgan fingerprint density at radius 2 is 1.89 bits per heavy atom. The van der Waals surface area contributed by atoms with E-state index in [-0.39, 0.29) is 0 Å². The summed E-state index contributed by atoms with van der Waals surface area (Å²) in [5.41, 5.74) is 3.02. The highest BCUT2D eigenvalue weighted by atomic mass is 35.5. The van der Waals surface area contributed by atoms with Gasteiger partial charge in [0.05, 0.1) is 10.7 Å². The minimum absolute atomic E-state index is 0.371. The third-order valence-electron chi connectivity index (χ3n) is 4.10. The van der Waals surface area contributed by atoms with E-state index in [1.165, 1.54) is 30.5 Å². The van der Waals surface area contributed by atoms with Crippen LogP contribution in [0.4, 0.5) is 5.69 Å². The lowest BCUT2D eigenvalue weighted by Gasteiger charge is -2.25. The molecule has 1 aliphatic heterocycles. The Balaban J connectivity index is 2.20.